The molecule has 2 unspecified atom stereocenters. The van der Waals surface area contributed by atoms with Gasteiger partial charge in [0.05, 0.1) is 26.4 Å². The number of hydrogen-bond acceptors (Lipinski definition) is 15. The zero-order chi connectivity index (χ0) is 83.1. The van der Waals surface area contributed by atoms with Crippen LogP contribution in [-0.4, -0.2) is 96.7 Å². The van der Waals surface area contributed by atoms with Gasteiger partial charge in [0.2, 0.25) is 0 Å². The summed E-state index contributed by atoms with van der Waals surface area (Å²) >= 11 is 0. The Morgan fingerprint density at radius 3 is 0.781 bits per heavy atom. The summed E-state index contributed by atoms with van der Waals surface area (Å²) < 4.78 is 68.5. The predicted molar refractivity (Wildman–Crippen MR) is 472 cm³/mol. The van der Waals surface area contributed by atoms with Gasteiger partial charge in [0.1, 0.15) is 19.3 Å². The predicted octanol–water partition coefficient (Wildman–Crippen LogP) is 25.8. The van der Waals surface area contributed by atoms with Crippen molar-refractivity contribution in [3.05, 3.63) is 231 Å². The second-order valence-corrected chi connectivity index (χ2v) is 30.2. The number of rotatable bonds is 77. The van der Waals surface area contributed by atoms with E-state index in [4.69, 9.17) is 37.0 Å². The lowest BCUT2D eigenvalue weighted by atomic mass is 10.1. The van der Waals surface area contributed by atoms with Crippen LogP contribution < -0.4 is 0 Å². The number of aliphatic hydroxyl groups excluding tert-OH is 1. The van der Waals surface area contributed by atoms with Gasteiger partial charge in [0, 0.05) is 25.7 Å². The summed E-state index contributed by atoms with van der Waals surface area (Å²) in [4.78, 5) is 73.2. The van der Waals surface area contributed by atoms with E-state index in [0.29, 0.717) is 44.9 Å². The number of phosphoric acid groups is 2. The van der Waals surface area contributed by atoms with Gasteiger partial charge in [0.25, 0.3) is 0 Å². The number of ether oxygens (including phenoxy) is 4. The van der Waals surface area contributed by atoms with Gasteiger partial charge in [-0.15, -0.1) is 0 Å². The van der Waals surface area contributed by atoms with Crippen LogP contribution in [0.3, 0.4) is 0 Å². The third kappa shape index (κ3) is 83.1. The van der Waals surface area contributed by atoms with E-state index in [1.807, 2.05) is 48.6 Å². The van der Waals surface area contributed by atoms with Crippen molar-refractivity contribution in [3.8, 4) is 0 Å². The van der Waals surface area contributed by atoms with Gasteiger partial charge in [-0.1, -0.05) is 304 Å². The molecule has 19 heteroatoms. The molecule has 0 saturated carbocycles. The van der Waals surface area contributed by atoms with E-state index in [1.165, 1.54) is 57.8 Å². The van der Waals surface area contributed by atoms with Gasteiger partial charge in [0.15, 0.2) is 12.2 Å². The van der Waals surface area contributed by atoms with Gasteiger partial charge in [-0.3, -0.25) is 37.3 Å². The molecular weight excluding hydrogens is 1470 g/mol. The zero-order valence-electron chi connectivity index (χ0n) is 70.1. The average molecular weight is 1620 g/mol. The highest BCUT2D eigenvalue weighted by atomic mass is 31.2. The first kappa shape index (κ1) is 107. The first-order valence-corrected chi connectivity index (χ1v) is 45.6. The minimum atomic E-state index is -5.04. The summed E-state index contributed by atoms with van der Waals surface area (Å²) in [6, 6.07) is 0. The second-order valence-electron chi connectivity index (χ2n) is 27.3. The standard InChI is InChI=1S/C95H148O17P2/c1-5-9-13-17-21-25-29-33-37-41-44-48-51-55-59-63-67-71-75-79-92(97)105-85-90(111-94(99)81-77-73-69-65-61-57-53-47-40-36-32-28-24-20-16-12-8-4)87-109-113(101,102)107-83-89(96)84-108-114(103,104)110-88-91(112-95(100)82-78-74-70-66-62-58-54-50-46-43-39-35-31-27-23-19-15-11-7-3)86-106-93(98)80-76-72-68-64-60-56-52-49-45-42-38-34-30-26-22-18-14-10-6-2/h10,14,21-28,33-40,44-46,48-50,53,55-60,62,65,67,69-71,74,89-91,96H,5-9,11-13,15-20,29-32,41-43,47,51-52,54,61,63-64,66,68,72-73,75-88H2,1-4H3,(H,101,102)(H,103,104)/b14-10-,25-21-,26-22-,27-23-,28-24-,37-33-,38-34-,39-35-,40-36-,48-44-,49-45-,50-46-,57-53-,59-55-,60-56-,62-58-,69-65-,71-67-,74-70-/t89-,90+,91+/m0/s1. The van der Waals surface area contributed by atoms with Gasteiger partial charge >= 0.3 is 39.5 Å². The van der Waals surface area contributed by atoms with Crippen molar-refractivity contribution in [2.75, 3.05) is 39.6 Å². The fraction of sp³-hybridized carbons (Fsp3) is 0.558. The molecule has 0 rings (SSSR count). The molecule has 0 aromatic carbocycles. The first-order valence-electron chi connectivity index (χ1n) is 42.6. The molecule has 0 heterocycles. The maximum atomic E-state index is 13.1. The number of esters is 4. The molecule has 114 heavy (non-hydrogen) atoms. The summed E-state index contributed by atoms with van der Waals surface area (Å²) in [5, 5.41) is 10.7. The summed E-state index contributed by atoms with van der Waals surface area (Å²) in [6.45, 7) is 4.37. The van der Waals surface area contributed by atoms with E-state index < -0.39 is 97.5 Å². The van der Waals surface area contributed by atoms with E-state index in [0.717, 1.165) is 128 Å². The van der Waals surface area contributed by atoms with E-state index >= 15 is 0 Å². The van der Waals surface area contributed by atoms with Crippen LogP contribution in [0, 0.1) is 0 Å². The lowest BCUT2D eigenvalue weighted by molar-refractivity contribution is -0.161. The van der Waals surface area contributed by atoms with Gasteiger partial charge < -0.3 is 33.8 Å². The Morgan fingerprint density at radius 2 is 0.482 bits per heavy atom. The summed E-state index contributed by atoms with van der Waals surface area (Å²) in [6.07, 6.45) is 109. The molecule has 5 atom stereocenters. The maximum Gasteiger partial charge on any atom is 0.472 e. The van der Waals surface area contributed by atoms with E-state index in [1.54, 1.807) is 0 Å². The monoisotopic (exact) mass is 1620 g/mol. The molecule has 0 amide bonds. The fourth-order valence-corrected chi connectivity index (χ4v) is 11.7. The summed E-state index contributed by atoms with van der Waals surface area (Å²) in [7, 11) is -10.1. The third-order valence-corrected chi connectivity index (χ3v) is 18.5. The minimum Gasteiger partial charge on any atom is -0.462 e. The Labute approximate surface area is 689 Å². The SMILES string of the molecule is CC/C=C\C/C=C\C/C=C\C/C=C\C/C=C\CCCCCC(=O)OC[C@H](COP(=O)(O)OC[C@@H](O)COP(=O)(O)OC[C@@H](COC(=O)CC/C=C\C/C=C\C/C=C\C/C=C\C/C=C\CCCCC)OC(=O)CCC/C=C\C/C=C\C/C=C\C/C=C\CCCCC)OC(=O)CC/C=C\C/C=C\C/C=C\C/C=C\C/C=C\CCCCC. The van der Waals surface area contributed by atoms with Gasteiger partial charge in [-0.2, -0.15) is 0 Å². The molecule has 0 aromatic rings. The van der Waals surface area contributed by atoms with Crippen molar-refractivity contribution in [1.29, 1.82) is 0 Å². The molecule has 0 spiro atoms. The molecule has 0 fully saturated rings. The van der Waals surface area contributed by atoms with Crippen molar-refractivity contribution in [1.82, 2.24) is 0 Å². The molecule has 0 bridgehead atoms. The molecular formula is C95H148O17P2. The molecule has 640 valence electrons. The van der Waals surface area contributed by atoms with Crippen LogP contribution in [0.15, 0.2) is 231 Å². The van der Waals surface area contributed by atoms with Crippen LogP contribution in [0.25, 0.3) is 0 Å². The van der Waals surface area contributed by atoms with Crippen LogP contribution in [0.2, 0.25) is 0 Å². The first-order chi connectivity index (χ1) is 55.7. The smallest absolute Gasteiger partial charge is 0.462 e. The van der Waals surface area contributed by atoms with Crippen LogP contribution in [0.1, 0.15) is 285 Å². The lowest BCUT2D eigenvalue weighted by Gasteiger charge is -2.21. The van der Waals surface area contributed by atoms with E-state index in [-0.39, 0.29) is 25.7 Å². The number of unbranched alkanes of at least 4 members (excludes halogenated alkanes) is 13. The highest BCUT2D eigenvalue weighted by Gasteiger charge is 2.30. The Morgan fingerprint density at radius 1 is 0.254 bits per heavy atom. The largest absolute Gasteiger partial charge is 0.472 e. The topological polar surface area (TPSA) is 237 Å². The van der Waals surface area contributed by atoms with Crippen LogP contribution in [0.4, 0.5) is 0 Å². The number of hydrogen-bond donors (Lipinski definition) is 3. The van der Waals surface area contributed by atoms with Crippen molar-refractivity contribution < 1.29 is 80.2 Å². The van der Waals surface area contributed by atoms with Crippen LogP contribution in [0.5, 0.6) is 0 Å². The Hall–Kier alpha value is -6.88. The third-order valence-electron chi connectivity index (χ3n) is 16.6. The molecule has 3 N–H and O–H groups in total. The van der Waals surface area contributed by atoms with Crippen molar-refractivity contribution in [2.24, 2.45) is 0 Å². The quantitative estimate of drug-likeness (QED) is 0.0169. The average Bonchev–Trinajstić information content (AvgIpc) is 0.899. The second kappa shape index (κ2) is 84.0. The highest BCUT2D eigenvalue weighted by Crippen LogP contribution is 2.45. The van der Waals surface area contributed by atoms with Crippen LogP contribution >= 0.6 is 15.6 Å². The zero-order valence-corrected chi connectivity index (χ0v) is 71.9. The normalized spacial score (nSPS) is 14.9. The van der Waals surface area contributed by atoms with E-state index in [2.05, 4.69) is 210 Å². The molecule has 0 aliphatic carbocycles. The molecule has 0 saturated heterocycles. The van der Waals surface area contributed by atoms with Gasteiger partial charge in [-0.05, 0) is 186 Å². The minimum absolute atomic E-state index is 0.00926. The summed E-state index contributed by atoms with van der Waals surface area (Å²) in [5.41, 5.74) is 0. The van der Waals surface area contributed by atoms with Gasteiger partial charge in [-0.25, -0.2) is 9.13 Å². The molecule has 0 aromatic heterocycles. The van der Waals surface area contributed by atoms with Crippen LogP contribution in [-0.2, 0) is 65.4 Å². The molecule has 0 aliphatic heterocycles. The number of allylic oxidation sites excluding steroid dienone is 38. The van der Waals surface area contributed by atoms with E-state index in [9.17, 15) is 43.2 Å². The maximum absolute atomic E-state index is 13.1. The van der Waals surface area contributed by atoms with Crippen molar-refractivity contribution in [3.63, 3.8) is 0 Å². The Balaban J connectivity index is 5.64. The van der Waals surface area contributed by atoms with Crippen molar-refractivity contribution in [2.45, 2.75) is 303 Å². The lowest BCUT2D eigenvalue weighted by Crippen LogP contribution is -2.30. The number of carbonyl (C=O) groups excluding carboxylic acids is 4. The number of carbonyl (C=O) groups is 4. The Bertz CT molecular complexity index is 3070. The molecule has 0 radical (unpaired) electrons. The molecule has 17 nitrogen and oxygen atoms in total. The number of aliphatic hydroxyl groups is 1. The number of phosphoric ester groups is 2. The highest BCUT2D eigenvalue weighted by molar-refractivity contribution is 7.47. The summed E-state index contributed by atoms with van der Waals surface area (Å²) in [5.74, 6) is -2.50. The van der Waals surface area contributed by atoms with Crippen molar-refractivity contribution >= 4 is 39.5 Å². The molecule has 0 aliphatic rings. The Kier molecular flexibility index (Phi) is 79.0. The fourth-order valence-electron chi connectivity index (χ4n) is 10.1.